The van der Waals surface area contributed by atoms with Crippen LogP contribution in [0.25, 0.3) is 0 Å². The maximum Gasteiger partial charge on any atom is 3.00 e. The van der Waals surface area contributed by atoms with Crippen LogP contribution in [0.2, 0.25) is 0 Å². The Hall–Kier alpha value is -2.46. The molecule has 0 saturated carbocycles. The van der Waals surface area contributed by atoms with Crippen molar-refractivity contribution in [2.45, 2.75) is 47.5 Å². The molecule has 0 atom stereocenters. The van der Waals surface area contributed by atoms with Crippen LogP contribution in [0.5, 0.6) is 0 Å². The van der Waals surface area contributed by atoms with Crippen molar-refractivity contribution < 1.29 is 27.2 Å². The van der Waals surface area contributed by atoms with Gasteiger partial charge in [-0.15, -0.1) is 0 Å². The maximum absolute atomic E-state index is 9.63. The molecule has 0 unspecified atom stereocenters. The van der Waals surface area contributed by atoms with Crippen LogP contribution in [0.1, 0.15) is 47.5 Å². The number of pyridine rings is 1. The first-order valence-corrected chi connectivity index (χ1v) is 7.72. The summed E-state index contributed by atoms with van der Waals surface area (Å²) in [5, 5.41) is 45.8. The molecule has 0 aliphatic rings. The first-order chi connectivity index (χ1) is 12.4. The Balaban J connectivity index is -0.000000133. The molecule has 0 fully saturated rings. The number of unbranched alkanes of at least 4 members (excludes halogenated alkanes) is 1. The van der Waals surface area contributed by atoms with Crippen molar-refractivity contribution in [3.8, 4) is 0 Å². The van der Waals surface area contributed by atoms with E-state index in [-0.39, 0.29) is 39.6 Å². The fourth-order valence-corrected chi connectivity index (χ4v) is 0.589. The minimum absolute atomic E-state index is 0. The molecule has 0 aromatic carbocycles. The van der Waals surface area contributed by atoms with Gasteiger partial charge in [-0.3, -0.25) is 4.98 Å². The van der Waals surface area contributed by atoms with E-state index in [1.165, 1.54) is 34.1 Å². The van der Waals surface area contributed by atoms with E-state index in [1.807, 2.05) is 18.2 Å². The summed E-state index contributed by atoms with van der Waals surface area (Å²) in [5.41, 5.74) is 0.903. The van der Waals surface area contributed by atoms with Crippen LogP contribution in [0, 0.1) is 17.3 Å². The van der Waals surface area contributed by atoms with Gasteiger partial charge >= 0.3 is 16.8 Å². The molecule has 1 aromatic rings. The molecular formula is C17H28CoN5O4. The minimum atomic E-state index is 0. The predicted octanol–water partition coefficient (Wildman–Crippen LogP) is 4.29. The average molecular weight is 425 g/mol. The zero-order valence-electron chi connectivity index (χ0n) is 16.3. The van der Waals surface area contributed by atoms with E-state index in [4.69, 9.17) is 10.4 Å². The summed E-state index contributed by atoms with van der Waals surface area (Å²) in [6.45, 7) is 11.7. The summed E-state index contributed by atoms with van der Waals surface area (Å²) in [5.74, 6) is 0. The third-order valence-corrected chi connectivity index (χ3v) is 2.54. The zero-order chi connectivity index (χ0) is 20.8. The molecular weight excluding hydrogens is 397 g/mol. The number of rotatable bonds is 3. The average Bonchev–Trinajstić information content (AvgIpc) is 2.73. The standard InChI is InChI=1S/C5H5N.2C4H8N2O2.C4H9.Co/c1-2-4-6-5-3-1;2*1-3(5-7)4(2)6-8;1-3-4-2;/h1-5H;2*7-8H,1-2H3;1,3-4H2,2H3;/q;;;-1;+3/p-2/b;2*5-3+,6-4+;;. The predicted molar refractivity (Wildman–Crippen MR) is 107 cm³/mol. The quantitative estimate of drug-likeness (QED) is 0.321. The van der Waals surface area contributed by atoms with E-state index in [0.29, 0.717) is 0 Å². The fraction of sp³-hybridized carbons (Fsp3) is 0.412. The maximum atomic E-state index is 9.63. The Morgan fingerprint density at radius 1 is 0.852 bits per heavy atom. The van der Waals surface area contributed by atoms with Crippen molar-refractivity contribution in [2.24, 2.45) is 20.6 Å². The second-order valence-electron chi connectivity index (χ2n) is 4.60. The summed E-state index contributed by atoms with van der Waals surface area (Å²) in [7, 11) is 0. The van der Waals surface area contributed by atoms with Gasteiger partial charge in [0.2, 0.25) is 0 Å². The van der Waals surface area contributed by atoms with Crippen molar-refractivity contribution in [3.05, 3.63) is 47.9 Å². The third kappa shape index (κ3) is 25.9. The molecule has 27 heavy (non-hydrogen) atoms. The van der Waals surface area contributed by atoms with Gasteiger partial charge in [0.05, 0.1) is 22.8 Å². The van der Waals surface area contributed by atoms with Crippen LogP contribution < -0.4 is 0 Å². The van der Waals surface area contributed by atoms with E-state index in [0.717, 1.165) is 6.42 Å². The molecule has 0 radical (unpaired) electrons. The molecule has 154 valence electrons. The molecule has 1 heterocycles. The van der Waals surface area contributed by atoms with E-state index in [2.05, 4.69) is 39.5 Å². The number of oxime groups is 2. The summed E-state index contributed by atoms with van der Waals surface area (Å²) in [6, 6.07) is 5.72. The Morgan fingerprint density at radius 3 is 1.26 bits per heavy atom. The number of hydrogen-bond donors (Lipinski definition) is 2. The number of hydrogen-bond acceptors (Lipinski definition) is 9. The Morgan fingerprint density at radius 2 is 1.19 bits per heavy atom. The van der Waals surface area contributed by atoms with Gasteiger partial charge in [0.1, 0.15) is 0 Å². The second kappa shape index (κ2) is 25.8. The second-order valence-corrected chi connectivity index (χ2v) is 4.60. The molecule has 9 nitrogen and oxygen atoms in total. The Bertz CT molecular complexity index is 457. The van der Waals surface area contributed by atoms with E-state index in [1.54, 1.807) is 12.4 Å². The van der Waals surface area contributed by atoms with Crippen molar-refractivity contribution in [1.82, 2.24) is 4.98 Å². The van der Waals surface area contributed by atoms with Gasteiger partial charge in [-0.1, -0.05) is 29.7 Å². The topological polar surface area (TPSA) is 149 Å². The van der Waals surface area contributed by atoms with Crippen LogP contribution >= 0.6 is 0 Å². The Kier molecular flexibility index (Phi) is 30.8. The molecule has 0 aliphatic heterocycles. The van der Waals surface area contributed by atoms with Gasteiger partial charge in [0, 0.05) is 12.4 Å². The fourth-order valence-electron chi connectivity index (χ4n) is 0.589. The van der Waals surface area contributed by atoms with Crippen LogP contribution in [0.4, 0.5) is 0 Å². The van der Waals surface area contributed by atoms with E-state index < -0.39 is 0 Å². The minimum Gasteiger partial charge on any atom is -0.792 e. The number of nitrogens with zero attached hydrogens (tertiary/aromatic N) is 5. The molecule has 0 amide bonds. The molecule has 2 N–H and O–H groups in total. The molecule has 10 heteroatoms. The largest absolute Gasteiger partial charge is 3.00 e. The van der Waals surface area contributed by atoms with Gasteiger partial charge in [-0.2, -0.15) is 6.42 Å². The van der Waals surface area contributed by atoms with E-state index >= 15 is 0 Å². The number of aromatic nitrogens is 1. The van der Waals surface area contributed by atoms with Crippen molar-refractivity contribution in [3.63, 3.8) is 0 Å². The zero-order valence-corrected chi connectivity index (χ0v) is 17.3. The van der Waals surface area contributed by atoms with E-state index in [9.17, 15) is 10.4 Å². The van der Waals surface area contributed by atoms with Crippen molar-refractivity contribution >= 4 is 22.8 Å². The van der Waals surface area contributed by atoms with Crippen molar-refractivity contribution in [1.29, 1.82) is 0 Å². The van der Waals surface area contributed by atoms with Gasteiger partial charge in [0.25, 0.3) is 0 Å². The van der Waals surface area contributed by atoms with Crippen LogP contribution in [0.15, 0.2) is 51.2 Å². The normalized spacial score (nSPS) is 11.3. The summed E-state index contributed by atoms with van der Waals surface area (Å²) >= 11 is 0. The molecule has 1 aromatic heterocycles. The molecule has 0 saturated heterocycles. The summed E-state index contributed by atoms with van der Waals surface area (Å²) in [6.07, 6.45) is 5.78. The van der Waals surface area contributed by atoms with Crippen molar-refractivity contribution in [2.75, 3.05) is 0 Å². The SMILES string of the molecule is CC(=N\[O-])/C(C)=N/O.CC(=N\[O-])/C(C)=N/O.[CH2-]CCC.[Co+3].c1ccncc1. The van der Waals surface area contributed by atoms with Crippen LogP contribution in [-0.4, -0.2) is 38.2 Å². The summed E-state index contributed by atoms with van der Waals surface area (Å²) in [4.78, 5) is 3.78. The van der Waals surface area contributed by atoms with Gasteiger partial charge in [-0.25, -0.2) is 0 Å². The van der Waals surface area contributed by atoms with Gasteiger partial charge in [0.15, 0.2) is 0 Å². The molecule has 0 bridgehead atoms. The third-order valence-electron chi connectivity index (χ3n) is 2.54. The van der Waals surface area contributed by atoms with Crippen LogP contribution in [0.3, 0.4) is 0 Å². The van der Waals surface area contributed by atoms with Gasteiger partial charge < -0.3 is 38.1 Å². The first-order valence-electron chi connectivity index (χ1n) is 7.72. The summed E-state index contributed by atoms with van der Waals surface area (Å²) < 4.78 is 0. The van der Waals surface area contributed by atoms with Crippen LogP contribution in [-0.2, 0) is 16.8 Å². The van der Waals surface area contributed by atoms with Gasteiger partial charge in [-0.05, 0) is 39.8 Å². The smallest absolute Gasteiger partial charge is 0.792 e. The molecule has 0 spiro atoms. The monoisotopic (exact) mass is 425 g/mol. The molecule has 0 aliphatic carbocycles. The Labute approximate surface area is 171 Å². The molecule has 1 rings (SSSR count). The first kappa shape index (κ1) is 32.2.